The van der Waals surface area contributed by atoms with Crippen molar-refractivity contribution in [1.29, 1.82) is 0 Å². The Morgan fingerprint density at radius 2 is 1.93 bits per heavy atom. The Hall–Kier alpha value is -0.910. The number of hydrogen-bond acceptors (Lipinski definition) is 3. The Morgan fingerprint density at radius 3 is 2.33 bits per heavy atom. The molecule has 0 radical (unpaired) electrons. The average molecular weight is 219 g/mol. The summed E-state index contributed by atoms with van der Waals surface area (Å²) in [7, 11) is 0. The van der Waals surface area contributed by atoms with Gasteiger partial charge >= 0.3 is 35.5 Å². The van der Waals surface area contributed by atoms with Gasteiger partial charge in [-0.3, -0.25) is 14.9 Å². The first-order valence-electron chi connectivity index (χ1n) is 4.01. The van der Waals surface area contributed by atoms with E-state index in [4.69, 9.17) is 5.11 Å². The molecule has 0 bridgehead atoms. The van der Waals surface area contributed by atoms with Gasteiger partial charge in [0.1, 0.15) is 6.42 Å². The molecule has 1 N–H and O–H groups in total. The summed E-state index contributed by atoms with van der Waals surface area (Å²) < 4.78 is 0. The summed E-state index contributed by atoms with van der Waals surface area (Å²) in [4.78, 5) is 20.4. The van der Waals surface area contributed by atoms with Gasteiger partial charge in [-0.15, -0.1) is 0 Å². The Bertz CT molecular complexity index is 341. The van der Waals surface area contributed by atoms with Crippen LogP contribution in [-0.2, 0) is 4.79 Å². The third-order valence-corrected chi connectivity index (χ3v) is 1.81. The molecular formula is C9H10NNaO4. The first-order valence-corrected chi connectivity index (χ1v) is 4.01. The van der Waals surface area contributed by atoms with Crippen LogP contribution >= 0.6 is 0 Å². The predicted molar refractivity (Wildman–Crippen MR) is 55.6 cm³/mol. The van der Waals surface area contributed by atoms with Gasteiger partial charge in [-0.2, -0.15) is 0 Å². The molecule has 0 aliphatic carbocycles. The van der Waals surface area contributed by atoms with Gasteiger partial charge in [-0.1, -0.05) is 30.3 Å². The van der Waals surface area contributed by atoms with Gasteiger partial charge in [0.25, 0.3) is 0 Å². The SMILES string of the molecule is O=C(O)CC(c1ccccc1)[N+](=O)[O-].[NaH]. The number of rotatable bonds is 4. The Kier molecular flexibility index (Phi) is 6.15. The summed E-state index contributed by atoms with van der Waals surface area (Å²) >= 11 is 0. The average Bonchev–Trinajstić information content (AvgIpc) is 2.15. The van der Waals surface area contributed by atoms with Crippen LogP contribution in [0, 0.1) is 10.1 Å². The molecule has 1 unspecified atom stereocenters. The van der Waals surface area contributed by atoms with Crippen molar-refractivity contribution >= 4 is 35.5 Å². The second-order valence-electron chi connectivity index (χ2n) is 2.81. The number of aliphatic carboxylic acids is 1. The first-order chi connectivity index (χ1) is 6.61. The quantitative estimate of drug-likeness (QED) is 0.462. The summed E-state index contributed by atoms with van der Waals surface area (Å²) in [5.74, 6) is -1.17. The predicted octanol–water partition coefficient (Wildman–Crippen LogP) is 0.831. The zero-order chi connectivity index (χ0) is 10.6. The van der Waals surface area contributed by atoms with Gasteiger partial charge in [0.2, 0.25) is 6.04 Å². The molecule has 1 aromatic rings. The fourth-order valence-corrected chi connectivity index (χ4v) is 1.15. The van der Waals surface area contributed by atoms with Crippen LogP contribution in [0.15, 0.2) is 30.3 Å². The van der Waals surface area contributed by atoms with E-state index in [1.54, 1.807) is 30.3 Å². The molecule has 5 nitrogen and oxygen atoms in total. The van der Waals surface area contributed by atoms with Crippen LogP contribution < -0.4 is 0 Å². The van der Waals surface area contributed by atoms with Crippen molar-refractivity contribution in [3.63, 3.8) is 0 Å². The second-order valence-corrected chi connectivity index (χ2v) is 2.81. The van der Waals surface area contributed by atoms with Crippen LogP contribution in [0.5, 0.6) is 0 Å². The molecule has 0 amide bonds. The van der Waals surface area contributed by atoms with Crippen molar-refractivity contribution in [2.75, 3.05) is 0 Å². The number of hydrogen-bond donors (Lipinski definition) is 1. The summed E-state index contributed by atoms with van der Waals surface area (Å²) in [6.45, 7) is 0. The Labute approximate surface area is 109 Å². The van der Waals surface area contributed by atoms with Gasteiger partial charge in [0.05, 0.1) is 0 Å². The maximum atomic E-state index is 10.6. The molecule has 0 aliphatic rings. The van der Waals surface area contributed by atoms with E-state index in [2.05, 4.69) is 0 Å². The fraction of sp³-hybridized carbons (Fsp3) is 0.222. The normalized spacial score (nSPS) is 11.2. The molecule has 6 heteroatoms. The molecule has 0 saturated carbocycles. The van der Waals surface area contributed by atoms with Gasteiger partial charge in [0, 0.05) is 10.5 Å². The molecule has 76 valence electrons. The van der Waals surface area contributed by atoms with Gasteiger partial charge < -0.3 is 5.11 Å². The second kappa shape index (κ2) is 6.55. The van der Waals surface area contributed by atoms with Crippen molar-refractivity contribution in [2.45, 2.75) is 12.5 Å². The fourth-order valence-electron chi connectivity index (χ4n) is 1.15. The van der Waals surface area contributed by atoms with Crippen molar-refractivity contribution in [3.05, 3.63) is 46.0 Å². The molecule has 0 fully saturated rings. The van der Waals surface area contributed by atoms with Crippen LogP contribution in [0.25, 0.3) is 0 Å². The molecule has 0 aliphatic heterocycles. The summed E-state index contributed by atoms with van der Waals surface area (Å²) in [6, 6.07) is 6.96. The molecule has 1 aromatic carbocycles. The monoisotopic (exact) mass is 219 g/mol. The standard InChI is InChI=1S/C9H9NO4.Na.H/c11-9(12)6-8(10(13)14)7-4-2-1-3-5-7;;/h1-5,8H,6H2,(H,11,12);;. The Morgan fingerprint density at radius 1 is 1.40 bits per heavy atom. The minimum atomic E-state index is -1.17. The molecule has 1 atom stereocenters. The summed E-state index contributed by atoms with van der Waals surface area (Å²) in [5.41, 5.74) is 0.417. The van der Waals surface area contributed by atoms with E-state index in [9.17, 15) is 14.9 Å². The van der Waals surface area contributed by atoms with Crippen LogP contribution in [0.3, 0.4) is 0 Å². The molecule has 1 rings (SSSR count). The van der Waals surface area contributed by atoms with Crippen LogP contribution in [0.1, 0.15) is 18.0 Å². The number of carboxylic acid groups (broad SMARTS) is 1. The van der Waals surface area contributed by atoms with E-state index in [0.29, 0.717) is 5.56 Å². The number of nitro groups is 1. The van der Waals surface area contributed by atoms with E-state index >= 15 is 0 Å². The van der Waals surface area contributed by atoms with Gasteiger partial charge in [-0.25, -0.2) is 0 Å². The van der Waals surface area contributed by atoms with Crippen molar-refractivity contribution < 1.29 is 14.8 Å². The number of benzene rings is 1. The van der Waals surface area contributed by atoms with Crippen molar-refractivity contribution in [3.8, 4) is 0 Å². The van der Waals surface area contributed by atoms with E-state index in [0.717, 1.165) is 0 Å². The third-order valence-electron chi connectivity index (χ3n) is 1.81. The number of nitrogens with zero attached hydrogens (tertiary/aromatic N) is 1. The molecule has 0 saturated heterocycles. The number of carboxylic acids is 1. The van der Waals surface area contributed by atoms with Crippen molar-refractivity contribution in [1.82, 2.24) is 0 Å². The van der Waals surface area contributed by atoms with E-state index in [1.807, 2.05) is 0 Å². The van der Waals surface area contributed by atoms with Crippen LogP contribution in [-0.4, -0.2) is 45.6 Å². The summed E-state index contributed by atoms with van der Waals surface area (Å²) in [6.07, 6.45) is -0.489. The van der Waals surface area contributed by atoms with E-state index in [1.165, 1.54) is 0 Å². The first kappa shape index (κ1) is 14.1. The third kappa shape index (κ3) is 4.42. The van der Waals surface area contributed by atoms with Crippen LogP contribution in [0.4, 0.5) is 0 Å². The molecule has 0 heterocycles. The summed E-state index contributed by atoms with van der Waals surface area (Å²) in [5, 5.41) is 19.1. The molecule has 0 aromatic heterocycles. The zero-order valence-corrected chi connectivity index (χ0v) is 7.29. The van der Waals surface area contributed by atoms with E-state index < -0.39 is 23.4 Å². The van der Waals surface area contributed by atoms with Gasteiger partial charge in [0.15, 0.2) is 0 Å². The number of carbonyl (C=O) groups is 1. The minimum absolute atomic E-state index is 0. The topological polar surface area (TPSA) is 80.4 Å². The maximum absolute atomic E-state index is 10.6. The zero-order valence-electron chi connectivity index (χ0n) is 7.29. The van der Waals surface area contributed by atoms with E-state index in [-0.39, 0.29) is 29.6 Å². The molecule has 0 spiro atoms. The molecule has 15 heavy (non-hydrogen) atoms. The molecular weight excluding hydrogens is 209 g/mol. The van der Waals surface area contributed by atoms with Crippen LogP contribution in [0.2, 0.25) is 0 Å². The van der Waals surface area contributed by atoms with Gasteiger partial charge in [-0.05, 0) is 0 Å². The van der Waals surface area contributed by atoms with Crippen molar-refractivity contribution in [2.24, 2.45) is 0 Å². The Balaban J connectivity index is 0.00000196.